The molecule has 0 radical (unpaired) electrons. The van der Waals surface area contributed by atoms with E-state index in [0.29, 0.717) is 44.9 Å². The second-order valence-electron chi connectivity index (χ2n) is 7.09. The Hall–Kier alpha value is -1.15. The van der Waals surface area contributed by atoms with Crippen LogP contribution in [0.2, 0.25) is 0 Å². The maximum Gasteiger partial charge on any atom is 0.306 e. The first-order valence-electron chi connectivity index (χ1n) is 8.59. The fourth-order valence-corrected chi connectivity index (χ4v) is 6.00. The van der Waals surface area contributed by atoms with Gasteiger partial charge in [-0.15, -0.1) is 0 Å². The zero-order valence-electron chi connectivity index (χ0n) is 14.7. The number of rotatable bonds is 5. The lowest BCUT2D eigenvalue weighted by molar-refractivity contribution is -0.143. The smallest absolute Gasteiger partial charge is 0.306 e. The maximum atomic E-state index is 12.7. The number of hydrogen-bond donors (Lipinski definition) is 0. The van der Waals surface area contributed by atoms with Crippen LogP contribution in [0.25, 0.3) is 0 Å². The van der Waals surface area contributed by atoms with Crippen molar-refractivity contribution in [2.24, 2.45) is 11.8 Å². The van der Waals surface area contributed by atoms with Crippen molar-refractivity contribution in [3.63, 3.8) is 0 Å². The lowest BCUT2D eigenvalue weighted by Gasteiger charge is -2.22. The molecule has 0 aliphatic carbocycles. The Morgan fingerprint density at radius 2 is 1.83 bits per heavy atom. The van der Waals surface area contributed by atoms with Crippen molar-refractivity contribution in [3.05, 3.63) is 0 Å². The van der Waals surface area contributed by atoms with Gasteiger partial charge in [-0.05, 0) is 24.7 Å². The normalized spacial score (nSPS) is 26.9. The number of esters is 1. The molecule has 7 nitrogen and oxygen atoms in total. The van der Waals surface area contributed by atoms with Crippen LogP contribution in [-0.2, 0) is 24.3 Å². The van der Waals surface area contributed by atoms with Crippen molar-refractivity contribution in [3.8, 4) is 0 Å². The standard InChI is InChI=1S/C16H28N2O5S/c1-12(2)10-18-11-13-6-8-17(9-7-14(13)24(18,21)22)15(19)4-5-16(20)23-3/h12-14H,4-11H2,1-3H3/t13-,14-/m0/s1. The molecule has 0 unspecified atom stereocenters. The van der Waals surface area contributed by atoms with E-state index in [4.69, 9.17) is 0 Å². The molecule has 0 saturated carbocycles. The fraction of sp³-hybridized carbons (Fsp3) is 0.875. The average Bonchev–Trinajstić information content (AvgIpc) is 2.68. The van der Waals surface area contributed by atoms with E-state index >= 15 is 0 Å². The van der Waals surface area contributed by atoms with Crippen molar-refractivity contribution < 1.29 is 22.7 Å². The number of carbonyl (C=O) groups excluding carboxylic acids is 2. The van der Waals surface area contributed by atoms with Crippen molar-refractivity contribution in [1.82, 2.24) is 9.21 Å². The van der Waals surface area contributed by atoms with Gasteiger partial charge in [0.1, 0.15) is 0 Å². The molecule has 1 amide bonds. The highest BCUT2D eigenvalue weighted by atomic mass is 32.2. The molecule has 2 rings (SSSR count). The van der Waals surface area contributed by atoms with Crippen LogP contribution < -0.4 is 0 Å². The minimum atomic E-state index is -3.26. The number of fused-ring (bicyclic) bond motifs is 1. The van der Waals surface area contributed by atoms with E-state index in [1.54, 1.807) is 9.21 Å². The number of sulfonamides is 1. The van der Waals surface area contributed by atoms with Crippen LogP contribution in [-0.4, -0.2) is 68.0 Å². The van der Waals surface area contributed by atoms with Crippen LogP contribution in [0, 0.1) is 11.8 Å². The lowest BCUT2D eigenvalue weighted by Crippen LogP contribution is -2.36. The summed E-state index contributed by atoms with van der Waals surface area (Å²) >= 11 is 0. The molecule has 2 heterocycles. The molecule has 2 aliphatic heterocycles. The lowest BCUT2D eigenvalue weighted by atomic mass is 10.0. The Labute approximate surface area is 144 Å². The number of methoxy groups -OCH3 is 1. The van der Waals surface area contributed by atoms with Crippen LogP contribution >= 0.6 is 0 Å². The molecule has 2 saturated heterocycles. The first kappa shape index (κ1) is 19.2. The van der Waals surface area contributed by atoms with Gasteiger partial charge in [0.2, 0.25) is 15.9 Å². The summed E-state index contributed by atoms with van der Waals surface area (Å²) in [5, 5.41) is -0.380. The van der Waals surface area contributed by atoms with E-state index in [2.05, 4.69) is 4.74 Å². The summed E-state index contributed by atoms with van der Waals surface area (Å²) in [7, 11) is -1.96. The minimum Gasteiger partial charge on any atom is -0.469 e. The number of ether oxygens (including phenoxy) is 1. The van der Waals surface area contributed by atoms with E-state index < -0.39 is 16.0 Å². The van der Waals surface area contributed by atoms with Crippen LogP contribution in [0.3, 0.4) is 0 Å². The summed E-state index contributed by atoms with van der Waals surface area (Å²) in [4.78, 5) is 25.1. The van der Waals surface area contributed by atoms with Crippen molar-refractivity contribution in [2.45, 2.75) is 44.8 Å². The third-order valence-electron chi connectivity index (χ3n) is 4.85. The summed E-state index contributed by atoms with van der Waals surface area (Å²) in [6.07, 6.45) is 1.36. The molecule has 0 bridgehead atoms. The average molecular weight is 360 g/mol. The molecule has 2 fully saturated rings. The molecule has 0 aromatic carbocycles. The highest BCUT2D eigenvalue weighted by Crippen LogP contribution is 2.34. The Morgan fingerprint density at radius 1 is 1.17 bits per heavy atom. The van der Waals surface area contributed by atoms with Gasteiger partial charge in [0, 0.05) is 32.6 Å². The topological polar surface area (TPSA) is 84.0 Å². The Balaban J connectivity index is 1.96. The molecule has 24 heavy (non-hydrogen) atoms. The van der Waals surface area contributed by atoms with E-state index in [9.17, 15) is 18.0 Å². The Morgan fingerprint density at radius 3 is 2.46 bits per heavy atom. The van der Waals surface area contributed by atoms with Gasteiger partial charge in [-0.25, -0.2) is 12.7 Å². The maximum absolute atomic E-state index is 12.7. The molecular formula is C16H28N2O5S. The van der Waals surface area contributed by atoms with E-state index in [1.807, 2.05) is 13.8 Å². The number of likely N-dealkylation sites (tertiary alicyclic amines) is 1. The molecule has 0 spiro atoms. The molecule has 138 valence electrons. The molecular weight excluding hydrogens is 332 g/mol. The van der Waals surface area contributed by atoms with Crippen molar-refractivity contribution in [2.75, 3.05) is 33.3 Å². The largest absolute Gasteiger partial charge is 0.469 e. The van der Waals surface area contributed by atoms with Gasteiger partial charge in [0.05, 0.1) is 18.8 Å². The second-order valence-corrected chi connectivity index (χ2v) is 9.24. The number of hydrogen-bond acceptors (Lipinski definition) is 5. The van der Waals surface area contributed by atoms with E-state index in [0.717, 1.165) is 0 Å². The number of amides is 1. The first-order valence-corrected chi connectivity index (χ1v) is 10.1. The van der Waals surface area contributed by atoms with E-state index in [-0.39, 0.29) is 29.9 Å². The van der Waals surface area contributed by atoms with Gasteiger partial charge >= 0.3 is 5.97 Å². The monoisotopic (exact) mass is 360 g/mol. The third kappa shape index (κ3) is 4.27. The SMILES string of the molecule is COC(=O)CCC(=O)N1CC[C@H]2CN(CC(C)C)S(=O)(=O)[C@H]2CC1. The summed E-state index contributed by atoms with van der Waals surface area (Å²) in [5.41, 5.74) is 0. The molecule has 2 atom stereocenters. The first-order chi connectivity index (χ1) is 11.3. The van der Waals surface area contributed by atoms with Crippen molar-refractivity contribution >= 4 is 21.9 Å². The minimum absolute atomic E-state index is 0.0686. The summed E-state index contributed by atoms with van der Waals surface area (Å²) < 4.78 is 31.6. The molecule has 2 aliphatic rings. The summed E-state index contributed by atoms with van der Waals surface area (Å²) in [6.45, 7) is 6.17. The zero-order chi connectivity index (χ0) is 17.9. The van der Waals surface area contributed by atoms with E-state index in [1.165, 1.54) is 7.11 Å². The molecule has 0 aromatic rings. The zero-order valence-corrected chi connectivity index (χ0v) is 15.5. The summed E-state index contributed by atoms with van der Waals surface area (Å²) in [6, 6.07) is 0. The van der Waals surface area contributed by atoms with Crippen LogP contribution in [0.4, 0.5) is 0 Å². The molecule has 0 N–H and O–H groups in total. The predicted molar refractivity (Wildman–Crippen MR) is 89.7 cm³/mol. The van der Waals surface area contributed by atoms with Gasteiger partial charge < -0.3 is 9.64 Å². The highest BCUT2D eigenvalue weighted by Gasteiger charge is 2.47. The van der Waals surface area contributed by atoms with Crippen LogP contribution in [0.15, 0.2) is 0 Å². The third-order valence-corrected chi connectivity index (χ3v) is 7.26. The summed E-state index contributed by atoms with van der Waals surface area (Å²) in [5.74, 6) is -0.107. The van der Waals surface area contributed by atoms with Gasteiger partial charge in [0.25, 0.3) is 0 Å². The van der Waals surface area contributed by atoms with Gasteiger partial charge in [0.15, 0.2) is 0 Å². The van der Waals surface area contributed by atoms with Gasteiger partial charge in [-0.1, -0.05) is 13.8 Å². The second kappa shape index (κ2) is 7.82. The number of carbonyl (C=O) groups is 2. The van der Waals surface area contributed by atoms with Gasteiger partial charge in [-0.2, -0.15) is 0 Å². The fourth-order valence-electron chi connectivity index (χ4n) is 3.60. The number of nitrogens with zero attached hydrogens (tertiary/aromatic N) is 2. The van der Waals surface area contributed by atoms with Crippen LogP contribution in [0.1, 0.15) is 39.5 Å². The van der Waals surface area contributed by atoms with Gasteiger partial charge in [-0.3, -0.25) is 9.59 Å². The quantitative estimate of drug-likeness (QED) is 0.679. The van der Waals surface area contributed by atoms with Crippen molar-refractivity contribution in [1.29, 1.82) is 0 Å². The van der Waals surface area contributed by atoms with Crippen LogP contribution in [0.5, 0.6) is 0 Å². The predicted octanol–water partition coefficient (Wildman–Crippen LogP) is 0.848. The Kier molecular flexibility index (Phi) is 6.25. The molecule has 0 aromatic heterocycles. The molecule has 8 heteroatoms. The Bertz CT molecular complexity index is 575. The highest BCUT2D eigenvalue weighted by molar-refractivity contribution is 7.90.